The van der Waals surface area contributed by atoms with Gasteiger partial charge in [0.25, 0.3) is 5.91 Å². The zero-order valence-electron chi connectivity index (χ0n) is 16.2. The zero-order valence-corrected chi connectivity index (χ0v) is 17.0. The van der Waals surface area contributed by atoms with Gasteiger partial charge in [-0.15, -0.1) is 11.3 Å². The molecule has 0 bridgehead atoms. The van der Waals surface area contributed by atoms with Gasteiger partial charge in [-0.1, -0.05) is 30.3 Å². The number of para-hydroxylation sites is 1. The summed E-state index contributed by atoms with van der Waals surface area (Å²) in [4.78, 5) is 25.9. The quantitative estimate of drug-likeness (QED) is 0.494. The minimum Gasteiger partial charge on any atom is -0.342 e. The molecule has 8 heteroatoms. The van der Waals surface area contributed by atoms with Crippen molar-refractivity contribution in [2.45, 2.75) is 13.5 Å². The molecule has 6 nitrogen and oxygen atoms in total. The predicted octanol–water partition coefficient (Wildman–Crippen LogP) is 3.96. The molecule has 2 aromatic carbocycles. The number of thiophene rings is 1. The van der Waals surface area contributed by atoms with Gasteiger partial charge in [0.15, 0.2) is 0 Å². The molecular formula is C22H19FN4O2S. The monoisotopic (exact) mass is 422 g/mol. The number of aryl methyl sites for hydroxylation is 1. The largest absolute Gasteiger partial charge is 0.342 e. The summed E-state index contributed by atoms with van der Waals surface area (Å²) in [6.45, 7) is 2.24. The Kier molecular flexibility index (Phi) is 5.58. The number of carbonyl (C=O) groups excluding carboxylic acids is 2. The molecule has 0 radical (unpaired) electrons. The summed E-state index contributed by atoms with van der Waals surface area (Å²) in [5, 5.41) is 10.8. The number of hydrogen-bond donors (Lipinski definition) is 2. The highest BCUT2D eigenvalue weighted by Crippen LogP contribution is 2.28. The highest BCUT2D eigenvalue weighted by atomic mass is 32.1. The van der Waals surface area contributed by atoms with Gasteiger partial charge in [-0.25, -0.2) is 4.39 Å². The number of benzene rings is 2. The summed E-state index contributed by atoms with van der Waals surface area (Å²) in [5.74, 6) is -0.895. The summed E-state index contributed by atoms with van der Waals surface area (Å²) >= 11 is 1.31. The second-order valence-corrected chi connectivity index (χ2v) is 7.83. The fraction of sp³-hybridized carbons (Fsp3) is 0.136. The second-order valence-electron chi connectivity index (χ2n) is 6.80. The molecule has 152 valence electrons. The Morgan fingerprint density at radius 1 is 1.10 bits per heavy atom. The first-order valence-corrected chi connectivity index (χ1v) is 10.2. The molecule has 0 saturated heterocycles. The highest BCUT2D eigenvalue weighted by Gasteiger charge is 2.17. The predicted molar refractivity (Wildman–Crippen MR) is 115 cm³/mol. The van der Waals surface area contributed by atoms with E-state index in [-0.39, 0.29) is 24.2 Å². The Morgan fingerprint density at radius 3 is 2.57 bits per heavy atom. The molecule has 0 atom stereocenters. The maximum absolute atomic E-state index is 13.1. The molecule has 2 aromatic heterocycles. The minimum absolute atomic E-state index is 0.122. The molecule has 0 saturated carbocycles. The van der Waals surface area contributed by atoms with Gasteiger partial charge in [-0.2, -0.15) is 5.10 Å². The van der Waals surface area contributed by atoms with E-state index in [1.165, 1.54) is 23.5 Å². The van der Waals surface area contributed by atoms with Crippen LogP contribution in [0.25, 0.3) is 10.2 Å². The number of nitrogens with zero attached hydrogens (tertiary/aromatic N) is 2. The maximum atomic E-state index is 13.1. The normalized spacial score (nSPS) is 10.9. The lowest BCUT2D eigenvalue weighted by atomic mass is 10.2. The molecule has 0 fully saturated rings. The molecule has 4 rings (SSSR count). The van der Waals surface area contributed by atoms with Crippen molar-refractivity contribution in [3.05, 3.63) is 82.6 Å². The Bertz CT molecular complexity index is 1200. The van der Waals surface area contributed by atoms with E-state index in [9.17, 15) is 14.0 Å². The van der Waals surface area contributed by atoms with Crippen molar-refractivity contribution in [3.8, 4) is 0 Å². The molecule has 0 aliphatic rings. The molecule has 0 aliphatic heterocycles. The van der Waals surface area contributed by atoms with Gasteiger partial charge in [-0.05, 0) is 42.8 Å². The smallest absolute Gasteiger partial charge is 0.261 e. The van der Waals surface area contributed by atoms with Crippen molar-refractivity contribution >= 4 is 39.1 Å². The lowest BCUT2D eigenvalue weighted by molar-refractivity contribution is -0.115. The van der Waals surface area contributed by atoms with Crippen LogP contribution in [-0.2, 0) is 11.3 Å². The van der Waals surface area contributed by atoms with E-state index in [1.54, 1.807) is 30.3 Å². The molecule has 2 amide bonds. The van der Waals surface area contributed by atoms with Crippen molar-refractivity contribution < 1.29 is 14.0 Å². The first-order chi connectivity index (χ1) is 14.5. The van der Waals surface area contributed by atoms with Crippen molar-refractivity contribution in [2.75, 3.05) is 11.9 Å². The van der Waals surface area contributed by atoms with Crippen LogP contribution in [-0.4, -0.2) is 28.1 Å². The zero-order chi connectivity index (χ0) is 21.1. The third-order valence-electron chi connectivity index (χ3n) is 4.54. The van der Waals surface area contributed by atoms with E-state index in [2.05, 4.69) is 15.7 Å². The number of carbonyl (C=O) groups is 2. The number of nitrogens with one attached hydrogen (secondary N) is 2. The molecule has 0 spiro atoms. The van der Waals surface area contributed by atoms with Gasteiger partial charge < -0.3 is 10.6 Å². The average molecular weight is 422 g/mol. The molecular weight excluding hydrogens is 403 g/mol. The molecule has 2 N–H and O–H groups in total. The number of aromatic nitrogens is 2. The van der Waals surface area contributed by atoms with Gasteiger partial charge in [0.05, 0.1) is 23.7 Å². The van der Waals surface area contributed by atoms with E-state index in [4.69, 9.17) is 0 Å². The molecule has 30 heavy (non-hydrogen) atoms. The van der Waals surface area contributed by atoms with Crippen LogP contribution in [0.1, 0.15) is 20.9 Å². The molecule has 4 aromatic rings. The van der Waals surface area contributed by atoms with Crippen molar-refractivity contribution in [1.29, 1.82) is 0 Å². The van der Waals surface area contributed by atoms with Crippen LogP contribution in [0.2, 0.25) is 0 Å². The summed E-state index contributed by atoms with van der Waals surface area (Å²) < 4.78 is 14.9. The lowest BCUT2D eigenvalue weighted by Gasteiger charge is -2.06. The molecule has 0 unspecified atom stereocenters. The van der Waals surface area contributed by atoms with Crippen LogP contribution in [0.15, 0.2) is 60.7 Å². The SMILES string of the molecule is Cc1nn(Cc2ccc(F)cc2)c2sc(C(=O)NCC(=O)Nc3ccccc3)cc12. The van der Waals surface area contributed by atoms with Crippen LogP contribution in [0.5, 0.6) is 0 Å². The Labute approximate surface area is 176 Å². The number of amides is 2. The van der Waals surface area contributed by atoms with Gasteiger partial charge >= 0.3 is 0 Å². The van der Waals surface area contributed by atoms with Crippen LogP contribution in [0.4, 0.5) is 10.1 Å². The summed E-state index contributed by atoms with van der Waals surface area (Å²) in [7, 11) is 0. The third kappa shape index (κ3) is 4.38. The van der Waals surface area contributed by atoms with Gasteiger partial charge in [-0.3, -0.25) is 14.3 Å². The molecule has 2 heterocycles. The first kappa shape index (κ1) is 19.8. The first-order valence-electron chi connectivity index (χ1n) is 9.34. The second kappa shape index (κ2) is 8.46. The summed E-state index contributed by atoms with van der Waals surface area (Å²) in [6.07, 6.45) is 0. The van der Waals surface area contributed by atoms with Crippen LogP contribution in [0.3, 0.4) is 0 Å². The summed E-state index contributed by atoms with van der Waals surface area (Å²) in [6, 6.07) is 17.1. The van der Waals surface area contributed by atoms with E-state index in [0.29, 0.717) is 17.1 Å². The lowest BCUT2D eigenvalue weighted by Crippen LogP contribution is -2.32. The number of fused-ring (bicyclic) bond motifs is 1. The average Bonchev–Trinajstić information content (AvgIpc) is 3.30. The number of halogens is 1. The number of rotatable bonds is 6. The van der Waals surface area contributed by atoms with Gasteiger partial charge in [0.2, 0.25) is 5.91 Å². The van der Waals surface area contributed by atoms with Crippen molar-refractivity contribution in [3.63, 3.8) is 0 Å². The standard InChI is InChI=1S/C22H19FN4O2S/c1-14-18-11-19(21(29)24-12-20(28)25-17-5-3-2-4-6-17)30-22(18)27(26-14)13-15-7-9-16(23)10-8-15/h2-11H,12-13H2,1H3,(H,24,29)(H,25,28). The van der Waals surface area contributed by atoms with Gasteiger partial charge in [0.1, 0.15) is 10.6 Å². The maximum Gasteiger partial charge on any atom is 0.261 e. The van der Waals surface area contributed by atoms with Gasteiger partial charge in [0, 0.05) is 11.1 Å². The highest BCUT2D eigenvalue weighted by molar-refractivity contribution is 7.20. The Morgan fingerprint density at radius 2 is 1.83 bits per heavy atom. The number of anilines is 1. The molecule has 0 aliphatic carbocycles. The fourth-order valence-electron chi connectivity index (χ4n) is 3.07. The summed E-state index contributed by atoms with van der Waals surface area (Å²) in [5.41, 5.74) is 2.40. The van der Waals surface area contributed by atoms with Crippen molar-refractivity contribution in [1.82, 2.24) is 15.1 Å². The third-order valence-corrected chi connectivity index (χ3v) is 5.69. The Balaban J connectivity index is 1.44. The minimum atomic E-state index is -0.313. The van der Waals surface area contributed by atoms with E-state index in [0.717, 1.165) is 21.5 Å². The van der Waals surface area contributed by atoms with E-state index in [1.807, 2.05) is 29.8 Å². The van der Waals surface area contributed by atoms with Crippen molar-refractivity contribution in [2.24, 2.45) is 0 Å². The van der Waals surface area contributed by atoms with Crippen LogP contribution >= 0.6 is 11.3 Å². The van der Waals surface area contributed by atoms with Crippen LogP contribution < -0.4 is 10.6 Å². The number of hydrogen-bond acceptors (Lipinski definition) is 4. The Hall–Kier alpha value is -3.52. The topological polar surface area (TPSA) is 76.0 Å². The fourth-order valence-corrected chi connectivity index (χ4v) is 4.15. The van der Waals surface area contributed by atoms with Crippen LogP contribution in [0, 0.1) is 12.7 Å². The van der Waals surface area contributed by atoms with E-state index >= 15 is 0 Å². The van der Waals surface area contributed by atoms with E-state index < -0.39 is 0 Å².